The van der Waals surface area contributed by atoms with Crippen molar-refractivity contribution in [3.8, 4) is 16.9 Å². The second-order valence-electron chi connectivity index (χ2n) is 13.7. The maximum absolute atomic E-state index is 13.6. The van der Waals surface area contributed by atoms with Crippen LogP contribution < -0.4 is 4.74 Å². The molecule has 4 aromatic rings. The predicted molar refractivity (Wildman–Crippen MR) is 167 cm³/mol. The number of benzene rings is 2. The third-order valence-electron chi connectivity index (χ3n) is 9.44. The first-order valence-electron chi connectivity index (χ1n) is 15.1. The fraction of sp³-hybridized carbons (Fsp3) is 0.455. The fourth-order valence-corrected chi connectivity index (χ4v) is 8.02. The van der Waals surface area contributed by atoms with Crippen LogP contribution in [-0.4, -0.2) is 51.8 Å². The number of imidazole rings is 1. The summed E-state index contributed by atoms with van der Waals surface area (Å²) in [6, 6.07) is 10.1. The number of amides is 1. The largest absolute Gasteiger partial charge is 0.434 e. The summed E-state index contributed by atoms with van der Waals surface area (Å²) >= 11 is 0. The predicted octanol–water partition coefficient (Wildman–Crippen LogP) is 7.86. The molecule has 232 valence electrons. The van der Waals surface area contributed by atoms with Crippen LogP contribution in [0.1, 0.15) is 87.6 Å². The second-order valence-corrected chi connectivity index (χ2v) is 18.4. The first-order valence-corrected chi connectivity index (χ1v) is 18.0. The summed E-state index contributed by atoms with van der Waals surface area (Å²) in [6.45, 7) is 14.5. The number of carbonyl (C=O) groups excluding carboxylic acids is 1. The highest BCUT2D eigenvalue weighted by Crippen LogP contribution is 2.50. The maximum Gasteiger partial charge on any atom is 0.387 e. The minimum atomic E-state index is -3.01. The van der Waals surface area contributed by atoms with E-state index in [9.17, 15) is 13.6 Å². The standard InChI is InChI=1S/C33H39F2N5O3Si/c1-9-39-25-16-24(27-21(29(39)41)11-10-12-26(27)42-31(34)35)40-23-15-19(13-14-22(23)38-28(25)40)20-17-36-30(37-18-20)33(5,6)43-44(7,8)32(2,3)4/h10-15,17-18,24-25,31H,9,16H2,1-8H3/t24-,25+/m1/s1. The van der Waals surface area contributed by atoms with Gasteiger partial charge in [-0.05, 0) is 68.7 Å². The molecule has 44 heavy (non-hydrogen) atoms. The zero-order chi connectivity index (χ0) is 31.8. The molecule has 2 atom stereocenters. The molecule has 2 aliphatic heterocycles. The molecule has 0 saturated heterocycles. The number of hydrogen-bond acceptors (Lipinski definition) is 6. The van der Waals surface area contributed by atoms with Crippen LogP contribution in [-0.2, 0) is 10.0 Å². The molecule has 8 nitrogen and oxygen atoms in total. The second kappa shape index (κ2) is 10.4. The van der Waals surface area contributed by atoms with E-state index in [0.717, 1.165) is 28.0 Å². The highest BCUT2D eigenvalue weighted by atomic mass is 28.4. The van der Waals surface area contributed by atoms with Crippen LogP contribution >= 0.6 is 0 Å². The summed E-state index contributed by atoms with van der Waals surface area (Å²) in [6.07, 6.45) is 4.15. The number of alkyl halides is 2. The number of ether oxygens (including phenoxy) is 1. The van der Waals surface area contributed by atoms with E-state index in [2.05, 4.69) is 38.4 Å². The third-order valence-corrected chi connectivity index (χ3v) is 14.1. The van der Waals surface area contributed by atoms with Crippen LogP contribution in [0, 0.1) is 0 Å². The monoisotopic (exact) mass is 619 g/mol. The van der Waals surface area contributed by atoms with Gasteiger partial charge in [-0.3, -0.25) is 4.79 Å². The number of rotatable bonds is 7. The minimum Gasteiger partial charge on any atom is -0.434 e. The molecule has 0 saturated carbocycles. The van der Waals surface area contributed by atoms with Crippen LogP contribution in [0.4, 0.5) is 8.78 Å². The Balaban J connectivity index is 1.41. The molecule has 0 aliphatic carbocycles. The Kier molecular flexibility index (Phi) is 7.20. The van der Waals surface area contributed by atoms with Crippen molar-refractivity contribution >= 4 is 25.3 Å². The van der Waals surface area contributed by atoms with Crippen LogP contribution in [0.2, 0.25) is 18.1 Å². The molecule has 0 unspecified atom stereocenters. The molecular weight excluding hydrogens is 580 g/mol. The lowest BCUT2D eigenvalue weighted by molar-refractivity contribution is -0.0507. The highest BCUT2D eigenvalue weighted by Gasteiger charge is 2.46. The first kappa shape index (κ1) is 30.3. The topological polar surface area (TPSA) is 82.4 Å². The molecule has 0 N–H and O–H groups in total. The summed E-state index contributed by atoms with van der Waals surface area (Å²) < 4.78 is 40.7. The molecule has 4 heterocycles. The summed E-state index contributed by atoms with van der Waals surface area (Å²) in [5, 5.41) is 0.0524. The van der Waals surface area contributed by atoms with E-state index in [-0.39, 0.29) is 22.7 Å². The summed E-state index contributed by atoms with van der Waals surface area (Å²) in [7, 11) is -2.06. The van der Waals surface area contributed by atoms with Gasteiger partial charge in [-0.1, -0.05) is 32.9 Å². The Morgan fingerprint density at radius 2 is 1.73 bits per heavy atom. The van der Waals surface area contributed by atoms with Crippen molar-refractivity contribution in [2.24, 2.45) is 0 Å². The Labute approximate surface area is 257 Å². The molecule has 0 fully saturated rings. The molecule has 2 aromatic heterocycles. The quantitative estimate of drug-likeness (QED) is 0.196. The van der Waals surface area contributed by atoms with Crippen molar-refractivity contribution in [1.29, 1.82) is 0 Å². The molecule has 2 bridgehead atoms. The third kappa shape index (κ3) is 4.90. The van der Waals surface area contributed by atoms with E-state index in [1.165, 1.54) is 6.07 Å². The van der Waals surface area contributed by atoms with Crippen molar-refractivity contribution < 1.29 is 22.7 Å². The molecule has 0 spiro atoms. The van der Waals surface area contributed by atoms with Gasteiger partial charge in [0.2, 0.25) is 0 Å². The SMILES string of the molecule is CCN1C(=O)c2cccc(OC(F)F)c2[C@H]2C[C@H]1c1nc3ccc(-c4cnc(C(C)(C)O[Si](C)(C)C(C)(C)C)nc4)cc3n12. The Hall–Kier alpha value is -3.70. The molecule has 6 rings (SSSR count). The van der Waals surface area contributed by atoms with E-state index in [1.54, 1.807) is 17.0 Å². The first-order chi connectivity index (χ1) is 20.6. The van der Waals surface area contributed by atoms with Crippen LogP contribution in [0.5, 0.6) is 5.75 Å². The number of hydrogen-bond donors (Lipinski definition) is 0. The molecular formula is C33H39F2N5O3Si. The van der Waals surface area contributed by atoms with Crippen molar-refractivity contribution in [2.75, 3.05) is 6.54 Å². The Bertz CT molecular complexity index is 1750. The van der Waals surface area contributed by atoms with Crippen LogP contribution in [0.3, 0.4) is 0 Å². The summed E-state index contributed by atoms with van der Waals surface area (Å²) in [4.78, 5) is 29.8. The van der Waals surface area contributed by atoms with Crippen molar-refractivity contribution in [3.63, 3.8) is 0 Å². The molecule has 11 heteroatoms. The van der Waals surface area contributed by atoms with E-state index in [0.29, 0.717) is 29.9 Å². The van der Waals surface area contributed by atoms with Crippen LogP contribution in [0.25, 0.3) is 22.2 Å². The Morgan fingerprint density at radius 3 is 2.36 bits per heavy atom. The Morgan fingerprint density at radius 1 is 1.02 bits per heavy atom. The maximum atomic E-state index is 13.6. The van der Waals surface area contributed by atoms with Gasteiger partial charge in [-0.2, -0.15) is 8.78 Å². The fourth-order valence-electron chi connectivity index (χ4n) is 6.35. The van der Waals surface area contributed by atoms with Gasteiger partial charge >= 0.3 is 6.61 Å². The van der Waals surface area contributed by atoms with E-state index in [1.807, 2.05) is 51.4 Å². The lowest BCUT2D eigenvalue weighted by Gasteiger charge is -2.42. The zero-order valence-corrected chi connectivity index (χ0v) is 27.5. The van der Waals surface area contributed by atoms with Crippen molar-refractivity contribution in [3.05, 3.63) is 71.6 Å². The van der Waals surface area contributed by atoms with E-state index in [4.69, 9.17) is 24.1 Å². The van der Waals surface area contributed by atoms with Gasteiger partial charge in [-0.25, -0.2) is 15.0 Å². The molecule has 0 radical (unpaired) electrons. The van der Waals surface area contributed by atoms with Crippen molar-refractivity contribution in [1.82, 2.24) is 24.4 Å². The van der Waals surface area contributed by atoms with Gasteiger partial charge in [0.1, 0.15) is 17.2 Å². The summed E-state index contributed by atoms with van der Waals surface area (Å²) in [5.41, 5.74) is 3.54. The lowest BCUT2D eigenvalue weighted by atomic mass is 9.97. The number of fused-ring (bicyclic) bond motifs is 9. The molecule has 1 amide bonds. The number of aromatic nitrogens is 4. The average Bonchev–Trinajstić information content (AvgIpc) is 3.45. The lowest BCUT2D eigenvalue weighted by Crippen LogP contribution is -2.46. The van der Waals surface area contributed by atoms with E-state index < -0.39 is 26.6 Å². The minimum absolute atomic E-state index is 0.0185. The molecule has 2 aliphatic rings. The van der Waals surface area contributed by atoms with Crippen LogP contribution in [0.15, 0.2) is 48.8 Å². The van der Waals surface area contributed by atoms with Gasteiger partial charge in [-0.15, -0.1) is 0 Å². The smallest absolute Gasteiger partial charge is 0.387 e. The van der Waals surface area contributed by atoms with Crippen molar-refractivity contribution in [2.45, 2.75) is 90.4 Å². The number of carbonyl (C=O) groups is 1. The average molecular weight is 620 g/mol. The summed E-state index contributed by atoms with van der Waals surface area (Å²) in [5.74, 6) is 1.18. The van der Waals surface area contributed by atoms with E-state index >= 15 is 0 Å². The zero-order valence-electron chi connectivity index (χ0n) is 26.5. The highest BCUT2D eigenvalue weighted by molar-refractivity contribution is 6.74. The van der Waals surface area contributed by atoms with Gasteiger partial charge in [0.05, 0.1) is 23.1 Å². The molecule has 2 aromatic carbocycles. The van der Waals surface area contributed by atoms with Gasteiger partial charge in [0, 0.05) is 42.0 Å². The van der Waals surface area contributed by atoms with Gasteiger partial charge in [0.15, 0.2) is 14.1 Å². The number of nitrogens with zero attached hydrogens (tertiary/aromatic N) is 5. The van der Waals surface area contributed by atoms with Gasteiger partial charge < -0.3 is 18.6 Å². The van der Waals surface area contributed by atoms with Gasteiger partial charge in [0.25, 0.3) is 5.91 Å². The number of halogens is 2. The normalized spacial score (nSPS) is 18.5.